The quantitative estimate of drug-likeness (QED) is 0.103. The number of benzene rings is 4. The zero-order chi connectivity index (χ0) is 38.9. The van der Waals surface area contributed by atoms with Gasteiger partial charge in [0.1, 0.15) is 23.7 Å². The molecule has 4 aromatic rings. The Morgan fingerprint density at radius 3 is 1.39 bits per heavy atom. The summed E-state index contributed by atoms with van der Waals surface area (Å²) in [6, 6.07) is 30.9. The van der Waals surface area contributed by atoms with E-state index in [1.807, 2.05) is 36.4 Å². The Morgan fingerprint density at radius 1 is 0.589 bits per heavy atom. The van der Waals surface area contributed by atoms with E-state index in [4.69, 9.17) is 65.4 Å². The minimum Gasteiger partial charge on any atom is -0.490 e. The molecule has 12 heteroatoms. The SMILES string of the molecule is O=C(/C=C/C(=O)OC12CCC(CC(Oc3ccc(Cl)c(Cl)c3)C1)N2Cc1ccccc1)OC12CCC(CC(Oc3ccc(Cl)c(Cl)c3)C1)N2Cc1ccccc1. The van der Waals surface area contributed by atoms with E-state index in [0.717, 1.165) is 36.8 Å². The van der Waals surface area contributed by atoms with Crippen LogP contribution in [0.2, 0.25) is 20.1 Å². The molecule has 6 unspecified atom stereocenters. The van der Waals surface area contributed by atoms with Gasteiger partial charge < -0.3 is 18.9 Å². The van der Waals surface area contributed by atoms with Crippen LogP contribution in [0.25, 0.3) is 0 Å². The lowest BCUT2D eigenvalue weighted by Crippen LogP contribution is -2.57. The van der Waals surface area contributed by atoms with E-state index in [9.17, 15) is 9.59 Å². The standard InChI is InChI=1S/C44H42Cl4N2O6/c45-37-13-11-33(23-39(37)47)53-35-21-31-17-19-43(25-35,49(31)27-29-7-3-1-4-8-29)55-41(51)15-16-42(52)56-44-20-18-32(50(44)28-30-9-5-2-6-10-30)22-36(26-44)54-34-12-14-38(46)40(48)24-34/h1-16,23-24,31-32,35-36H,17-22,25-28H2/b16-15+. The van der Waals surface area contributed by atoms with Crippen LogP contribution in [0.1, 0.15) is 62.5 Å². The minimum atomic E-state index is -0.937. The molecule has 292 valence electrons. The second-order valence-electron chi connectivity index (χ2n) is 15.2. The molecule has 8 rings (SSSR count). The lowest BCUT2D eigenvalue weighted by molar-refractivity contribution is -0.196. The molecule has 8 nitrogen and oxygen atoms in total. The molecule has 0 aliphatic carbocycles. The van der Waals surface area contributed by atoms with Crippen molar-refractivity contribution in [1.82, 2.24) is 9.80 Å². The van der Waals surface area contributed by atoms with Gasteiger partial charge in [0.05, 0.1) is 20.1 Å². The first-order chi connectivity index (χ1) is 27.1. The molecule has 0 amide bonds. The third-order valence-corrected chi connectivity index (χ3v) is 13.0. The highest BCUT2D eigenvalue weighted by Gasteiger charge is 2.56. The predicted molar refractivity (Wildman–Crippen MR) is 217 cm³/mol. The Hall–Kier alpha value is -3.76. The Labute approximate surface area is 347 Å². The maximum Gasteiger partial charge on any atom is 0.332 e. The highest BCUT2D eigenvalue weighted by atomic mass is 35.5. The summed E-state index contributed by atoms with van der Waals surface area (Å²) in [5.41, 5.74) is 0.359. The van der Waals surface area contributed by atoms with E-state index in [1.54, 1.807) is 36.4 Å². The van der Waals surface area contributed by atoms with Gasteiger partial charge in [-0.25, -0.2) is 9.59 Å². The summed E-state index contributed by atoms with van der Waals surface area (Å²) in [6.07, 6.45) is 7.24. The minimum absolute atomic E-state index is 0.119. The van der Waals surface area contributed by atoms with Crippen molar-refractivity contribution < 1.29 is 28.5 Å². The summed E-state index contributed by atoms with van der Waals surface area (Å²) in [7, 11) is 0. The number of piperidine rings is 2. The van der Waals surface area contributed by atoms with Crippen molar-refractivity contribution in [1.29, 1.82) is 0 Å². The molecule has 0 radical (unpaired) electrons. The van der Waals surface area contributed by atoms with Crippen LogP contribution in [0, 0.1) is 0 Å². The summed E-state index contributed by atoms with van der Waals surface area (Å²) < 4.78 is 25.6. The van der Waals surface area contributed by atoms with Crippen molar-refractivity contribution >= 4 is 58.3 Å². The molecule has 4 bridgehead atoms. The van der Waals surface area contributed by atoms with Crippen LogP contribution in [0.5, 0.6) is 11.5 Å². The maximum absolute atomic E-state index is 13.7. The molecule has 4 aliphatic heterocycles. The van der Waals surface area contributed by atoms with Gasteiger partial charge >= 0.3 is 11.9 Å². The first kappa shape index (κ1) is 39.1. The lowest BCUT2D eigenvalue weighted by atomic mass is 9.95. The van der Waals surface area contributed by atoms with Crippen molar-refractivity contribution in [3.05, 3.63) is 140 Å². The number of hydrogen-bond donors (Lipinski definition) is 0. The van der Waals surface area contributed by atoms with Gasteiger partial charge in [0, 0.05) is 88.0 Å². The molecule has 6 atom stereocenters. The smallest absolute Gasteiger partial charge is 0.332 e. The number of carbonyl (C=O) groups excluding carboxylic acids is 2. The van der Waals surface area contributed by atoms with Gasteiger partial charge in [0.15, 0.2) is 11.4 Å². The summed E-state index contributed by atoms with van der Waals surface area (Å²) >= 11 is 24.9. The highest BCUT2D eigenvalue weighted by molar-refractivity contribution is 6.42. The fourth-order valence-electron chi connectivity index (χ4n) is 9.12. The van der Waals surface area contributed by atoms with Crippen LogP contribution in [0.3, 0.4) is 0 Å². The zero-order valence-corrected chi connectivity index (χ0v) is 33.7. The van der Waals surface area contributed by atoms with Crippen molar-refractivity contribution in [2.24, 2.45) is 0 Å². The molecule has 0 N–H and O–H groups in total. The second-order valence-corrected chi connectivity index (χ2v) is 16.8. The monoisotopic (exact) mass is 834 g/mol. The summed E-state index contributed by atoms with van der Waals surface area (Å²) in [5, 5.41) is 1.71. The topological polar surface area (TPSA) is 77.5 Å². The van der Waals surface area contributed by atoms with E-state index in [1.165, 1.54) is 12.2 Å². The van der Waals surface area contributed by atoms with Crippen molar-refractivity contribution in [3.63, 3.8) is 0 Å². The fourth-order valence-corrected chi connectivity index (χ4v) is 9.69. The molecule has 4 saturated heterocycles. The molecular formula is C44H42Cl4N2O6. The molecule has 0 saturated carbocycles. The van der Waals surface area contributed by atoms with Gasteiger partial charge in [0.25, 0.3) is 0 Å². The fraction of sp³-hybridized carbons (Fsp3) is 0.364. The molecule has 4 aromatic carbocycles. The Kier molecular flexibility index (Phi) is 11.6. The normalized spacial score (nSPS) is 27.3. The number of hydrogen-bond acceptors (Lipinski definition) is 8. The Balaban J connectivity index is 0.990. The van der Waals surface area contributed by atoms with E-state index in [-0.39, 0.29) is 24.3 Å². The van der Waals surface area contributed by atoms with Crippen LogP contribution in [0.15, 0.2) is 109 Å². The molecular weight excluding hydrogens is 794 g/mol. The first-order valence-electron chi connectivity index (χ1n) is 19.1. The van der Waals surface area contributed by atoms with Crippen molar-refractivity contribution in [2.45, 2.75) is 100 Å². The predicted octanol–water partition coefficient (Wildman–Crippen LogP) is 10.4. The van der Waals surface area contributed by atoms with Crippen LogP contribution < -0.4 is 9.47 Å². The number of nitrogens with zero attached hydrogens (tertiary/aromatic N) is 2. The summed E-state index contributed by atoms with van der Waals surface area (Å²) in [4.78, 5) is 32.0. The molecule has 4 fully saturated rings. The molecule has 0 aromatic heterocycles. The van der Waals surface area contributed by atoms with E-state index < -0.39 is 23.4 Å². The van der Waals surface area contributed by atoms with Gasteiger partial charge in [-0.3, -0.25) is 9.80 Å². The molecule has 4 heterocycles. The van der Waals surface area contributed by atoms with Crippen LogP contribution in [-0.2, 0) is 32.2 Å². The van der Waals surface area contributed by atoms with Crippen molar-refractivity contribution in [3.8, 4) is 11.5 Å². The zero-order valence-electron chi connectivity index (χ0n) is 30.6. The first-order valence-corrected chi connectivity index (χ1v) is 20.6. The highest BCUT2D eigenvalue weighted by Crippen LogP contribution is 2.49. The molecule has 56 heavy (non-hydrogen) atoms. The van der Waals surface area contributed by atoms with Gasteiger partial charge in [0.2, 0.25) is 0 Å². The van der Waals surface area contributed by atoms with Crippen LogP contribution >= 0.6 is 46.4 Å². The Morgan fingerprint density at radius 2 is 1.00 bits per heavy atom. The number of esters is 2. The number of carbonyl (C=O) groups is 2. The van der Waals surface area contributed by atoms with Gasteiger partial charge in [-0.2, -0.15) is 0 Å². The average molecular weight is 837 g/mol. The number of rotatable bonds is 12. The lowest BCUT2D eigenvalue weighted by Gasteiger charge is -2.46. The third-order valence-electron chi connectivity index (χ3n) is 11.5. The number of fused-ring (bicyclic) bond motifs is 4. The van der Waals surface area contributed by atoms with E-state index in [2.05, 4.69) is 34.1 Å². The maximum atomic E-state index is 13.7. The number of halogens is 4. The summed E-state index contributed by atoms with van der Waals surface area (Å²) in [5.74, 6) is -0.0373. The van der Waals surface area contributed by atoms with Gasteiger partial charge in [-0.1, -0.05) is 107 Å². The molecule has 4 aliphatic rings. The van der Waals surface area contributed by atoms with Crippen LogP contribution in [-0.4, -0.2) is 57.5 Å². The Bertz CT molecular complexity index is 1940. The molecule has 0 spiro atoms. The number of ether oxygens (including phenoxy) is 4. The summed E-state index contributed by atoms with van der Waals surface area (Å²) in [6.45, 7) is 1.22. The van der Waals surface area contributed by atoms with Crippen molar-refractivity contribution in [2.75, 3.05) is 0 Å². The van der Waals surface area contributed by atoms with E-state index in [0.29, 0.717) is 70.4 Å². The third kappa shape index (κ3) is 8.57. The average Bonchev–Trinajstić information content (AvgIpc) is 3.49. The largest absolute Gasteiger partial charge is 0.490 e. The van der Waals surface area contributed by atoms with Gasteiger partial charge in [-0.15, -0.1) is 0 Å². The van der Waals surface area contributed by atoms with E-state index >= 15 is 0 Å². The van der Waals surface area contributed by atoms with Crippen LogP contribution in [0.4, 0.5) is 0 Å². The van der Waals surface area contributed by atoms with Gasteiger partial charge in [-0.05, 0) is 48.2 Å². The second kappa shape index (κ2) is 16.6.